The van der Waals surface area contributed by atoms with E-state index < -0.39 is 0 Å². The second-order valence-electron chi connectivity index (χ2n) is 4.15. The summed E-state index contributed by atoms with van der Waals surface area (Å²) in [6.07, 6.45) is 3.69. The Morgan fingerprint density at radius 1 is 1.29 bits per heavy atom. The lowest BCUT2D eigenvalue weighted by Gasteiger charge is -2.08. The molecule has 0 amide bonds. The molecule has 0 rings (SSSR count). The molecule has 0 atom stereocenters. The predicted molar refractivity (Wildman–Crippen MR) is 59.2 cm³/mol. The molecule has 82 valence electrons. The summed E-state index contributed by atoms with van der Waals surface area (Å²) in [5, 5.41) is 9.47. The van der Waals surface area contributed by atoms with E-state index in [1.165, 1.54) is 6.08 Å². The molecule has 0 aromatic carbocycles. The van der Waals surface area contributed by atoms with Crippen LogP contribution in [0.15, 0.2) is 11.8 Å². The molecule has 0 aliphatic rings. The smallest absolute Gasteiger partial charge is 0.162 e. The maximum Gasteiger partial charge on any atom is 0.162 e. The highest BCUT2D eigenvalue weighted by Gasteiger charge is 2.12. The first kappa shape index (κ1) is 13.2. The van der Waals surface area contributed by atoms with Gasteiger partial charge in [-0.15, -0.1) is 0 Å². The van der Waals surface area contributed by atoms with Crippen LogP contribution in [0.3, 0.4) is 0 Å². The normalized spacial score (nSPS) is 12.6. The SMILES string of the molecule is CCC(CC)C(=O)/C=C(\O)CC(C)C. The Hall–Kier alpha value is -0.790. The summed E-state index contributed by atoms with van der Waals surface area (Å²) in [5.74, 6) is 0.745. The Morgan fingerprint density at radius 2 is 1.79 bits per heavy atom. The van der Waals surface area contributed by atoms with E-state index in [0.717, 1.165) is 12.8 Å². The minimum absolute atomic E-state index is 0.0631. The van der Waals surface area contributed by atoms with Crippen LogP contribution >= 0.6 is 0 Å². The van der Waals surface area contributed by atoms with Crippen molar-refractivity contribution in [2.45, 2.75) is 47.0 Å². The van der Waals surface area contributed by atoms with Crippen molar-refractivity contribution >= 4 is 5.78 Å². The molecule has 2 heteroatoms. The lowest BCUT2D eigenvalue weighted by Crippen LogP contribution is -2.10. The number of aliphatic hydroxyl groups excluding tert-OH is 1. The summed E-state index contributed by atoms with van der Waals surface area (Å²) < 4.78 is 0. The molecule has 0 saturated heterocycles. The van der Waals surface area contributed by atoms with E-state index in [2.05, 4.69) is 0 Å². The molecule has 0 unspecified atom stereocenters. The van der Waals surface area contributed by atoms with Crippen molar-refractivity contribution in [1.82, 2.24) is 0 Å². The molecular weight excluding hydrogens is 176 g/mol. The van der Waals surface area contributed by atoms with Gasteiger partial charge in [0, 0.05) is 18.4 Å². The van der Waals surface area contributed by atoms with Crippen LogP contribution in [0.5, 0.6) is 0 Å². The van der Waals surface area contributed by atoms with Crippen LogP contribution in [0.1, 0.15) is 47.0 Å². The van der Waals surface area contributed by atoms with Gasteiger partial charge in [-0.1, -0.05) is 27.7 Å². The maximum absolute atomic E-state index is 11.6. The van der Waals surface area contributed by atoms with Gasteiger partial charge in [0.25, 0.3) is 0 Å². The van der Waals surface area contributed by atoms with Crippen molar-refractivity contribution in [3.63, 3.8) is 0 Å². The van der Waals surface area contributed by atoms with Crippen LogP contribution < -0.4 is 0 Å². The fraction of sp³-hybridized carbons (Fsp3) is 0.750. The van der Waals surface area contributed by atoms with Gasteiger partial charge < -0.3 is 5.11 Å². The number of hydrogen-bond acceptors (Lipinski definition) is 2. The van der Waals surface area contributed by atoms with E-state index in [1.54, 1.807) is 0 Å². The van der Waals surface area contributed by atoms with E-state index in [1.807, 2.05) is 27.7 Å². The minimum Gasteiger partial charge on any atom is -0.512 e. The van der Waals surface area contributed by atoms with Gasteiger partial charge in [-0.05, 0) is 18.8 Å². The largest absolute Gasteiger partial charge is 0.512 e. The lowest BCUT2D eigenvalue weighted by atomic mass is 9.97. The Bertz CT molecular complexity index is 200. The fourth-order valence-corrected chi connectivity index (χ4v) is 1.45. The molecule has 0 aromatic rings. The lowest BCUT2D eigenvalue weighted by molar-refractivity contribution is -0.118. The molecule has 0 heterocycles. The number of rotatable bonds is 6. The van der Waals surface area contributed by atoms with Crippen molar-refractivity contribution in [3.05, 3.63) is 11.8 Å². The molecule has 0 aliphatic heterocycles. The monoisotopic (exact) mass is 198 g/mol. The molecule has 0 fully saturated rings. The summed E-state index contributed by atoms with van der Waals surface area (Å²) in [6.45, 7) is 8.04. The molecule has 0 spiro atoms. The molecule has 0 aliphatic carbocycles. The highest BCUT2D eigenvalue weighted by Crippen LogP contribution is 2.13. The van der Waals surface area contributed by atoms with E-state index in [4.69, 9.17) is 0 Å². The summed E-state index contributed by atoms with van der Waals surface area (Å²) in [5.41, 5.74) is 0. The third-order valence-electron chi connectivity index (χ3n) is 2.31. The van der Waals surface area contributed by atoms with Gasteiger partial charge in [-0.3, -0.25) is 4.79 Å². The van der Waals surface area contributed by atoms with Crippen molar-refractivity contribution in [3.8, 4) is 0 Å². The van der Waals surface area contributed by atoms with E-state index >= 15 is 0 Å². The van der Waals surface area contributed by atoms with Crippen LogP contribution in [0.2, 0.25) is 0 Å². The number of carbonyl (C=O) groups is 1. The van der Waals surface area contributed by atoms with Gasteiger partial charge in [-0.25, -0.2) is 0 Å². The molecule has 2 nitrogen and oxygen atoms in total. The Labute approximate surface area is 87.0 Å². The average molecular weight is 198 g/mol. The fourth-order valence-electron chi connectivity index (χ4n) is 1.45. The van der Waals surface area contributed by atoms with Gasteiger partial charge in [0.15, 0.2) is 5.78 Å². The highest BCUT2D eigenvalue weighted by atomic mass is 16.3. The average Bonchev–Trinajstić information content (AvgIpc) is 2.04. The van der Waals surface area contributed by atoms with Crippen LogP contribution in [0, 0.1) is 11.8 Å². The third kappa shape index (κ3) is 5.05. The standard InChI is InChI=1S/C12H22O2/c1-5-10(6-2)12(14)8-11(13)7-9(3)4/h8-10,13H,5-7H2,1-4H3/b11-8-. The summed E-state index contributed by atoms with van der Waals surface area (Å²) >= 11 is 0. The summed E-state index contributed by atoms with van der Waals surface area (Å²) in [6, 6.07) is 0. The topological polar surface area (TPSA) is 37.3 Å². The quantitative estimate of drug-likeness (QED) is 0.524. The zero-order valence-electron chi connectivity index (χ0n) is 9.71. The number of hydrogen-bond donors (Lipinski definition) is 1. The van der Waals surface area contributed by atoms with Gasteiger partial charge >= 0.3 is 0 Å². The summed E-state index contributed by atoms with van der Waals surface area (Å²) in [7, 11) is 0. The molecule has 0 bridgehead atoms. The number of carbonyl (C=O) groups excluding carboxylic acids is 1. The number of aliphatic hydroxyl groups is 1. The van der Waals surface area contributed by atoms with E-state index in [0.29, 0.717) is 12.3 Å². The summed E-state index contributed by atoms with van der Waals surface area (Å²) in [4.78, 5) is 11.6. The first-order chi connectivity index (χ1) is 6.51. The zero-order valence-corrected chi connectivity index (χ0v) is 9.71. The second kappa shape index (κ2) is 6.63. The van der Waals surface area contributed by atoms with Crippen LogP contribution in [-0.2, 0) is 4.79 Å². The molecule has 14 heavy (non-hydrogen) atoms. The van der Waals surface area contributed by atoms with Gasteiger partial charge in [0.2, 0.25) is 0 Å². The van der Waals surface area contributed by atoms with Crippen molar-refractivity contribution < 1.29 is 9.90 Å². The van der Waals surface area contributed by atoms with Gasteiger partial charge in [-0.2, -0.15) is 0 Å². The molecule has 0 radical (unpaired) electrons. The van der Waals surface area contributed by atoms with Crippen molar-refractivity contribution in [2.24, 2.45) is 11.8 Å². The Morgan fingerprint density at radius 3 is 2.14 bits per heavy atom. The first-order valence-electron chi connectivity index (χ1n) is 5.44. The van der Waals surface area contributed by atoms with E-state index in [-0.39, 0.29) is 17.5 Å². The van der Waals surface area contributed by atoms with E-state index in [9.17, 15) is 9.90 Å². The minimum atomic E-state index is 0.0631. The highest BCUT2D eigenvalue weighted by molar-refractivity contribution is 5.91. The van der Waals surface area contributed by atoms with Gasteiger partial charge in [0.1, 0.15) is 0 Å². The molecule has 0 saturated carbocycles. The Balaban J connectivity index is 4.26. The zero-order chi connectivity index (χ0) is 11.1. The van der Waals surface area contributed by atoms with Crippen LogP contribution in [0.25, 0.3) is 0 Å². The first-order valence-corrected chi connectivity index (χ1v) is 5.44. The molecular formula is C12H22O2. The van der Waals surface area contributed by atoms with Crippen LogP contribution in [0.4, 0.5) is 0 Å². The van der Waals surface area contributed by atoms with Gasteiger partial charge in [0.05, 0.1) is 5.76 Å². The van der Waals surface area contributed by atoms with Crippen molar-refractivity contribution in [2.75, 3.05) is 0 Å². The molecule has 0 aromatic heterocycles. The maximum atomic E-state index is 11.6. The Kier molecular flexibility index (Phi) is 6.26. The second-order valence-corrected chi connectivity index (χ2v) is 4.15. The van der Waals surface area contributed by atoms with Crippen LogP contribution in [-0.4, -0.2) is 10.9 Å². The molecule has 1 N–H and O–H groups in total. The number of ketones is 1. The third-order valence-corrected chi connectivity index (χ3v) is 2.31. The number of allylic oxidation sites excluding steroid dienone is 2. The predicted octanol–water partition coefficient (Wildman–Crippen LogP) is 3.48. The van der Waals surface area contributed by atoms with Crippen molar-refractivity contribution in [1.29, 1.82) is 0 Å².